The first kappa shape index (κ1) is 22.7. The first-order valence-electron chi connectivity index (χ1n) is 10.3. The number of amides is 2. The lowest BCUT2D eigenvalue weighted by atomic mass is 10.1. The standard InChI is InChI=1S/C25H26N2O5/c1-3-31-21-14-12-19(13-15-21)17(2)32-25(30)26-16-18-8-10-20(11-9-18)24(29)27-22-6-4-5-7-23(22)28/h4-15,17,28H,3,16H2,1-2H3,(H,26,30)(H,27,29)/t17-/m0/s1. The Kier molecular flexibility index (Phi) is 7.70. The third kappa shape index (κ3) is 6.25. The zero-order valence-corrected chi connectivity index (χ0v) is 18.0. The van der Waals surface area contributed by atoms with Crippen molar-refractivity contribution >= 4 is 17.7 Å². The summed E-state index contributed by atoms with van der Waals surface area (Å²) in [6.45, 7) is 4.57. The van der Waals surface area contributed by atoms with Gasteiger partial charge < -0.3 is 25.2 Å². The van der Waals surface area contributed by atoms with Crippen LogP contribution in [0.25, 0.3) is 0 Å². The Morgan fingerprint density at radius 2 is 1.66 bits per heavy atom. The van der Waals surface area contributed by atoms with E-state index in [1.54, 1.807) is 49.4 Å². The number of nitrogens with one attached hydrogen (secondary N) is 2. The van der Waals surface area contributed by atoms with Gasteiger partial charge in [0, 0.05) is 12.1 Å². The van der Waals surface area contributed by atoms with E-state index >= 15 is 0 Å². The summed E-state index contributed by atoms with van der Waals surface area (Å²) in [6.07, 6.45) is -0.945. The highest BCUT2D eigenvalue weighted by molar-refractivity contribution is 6.05. The summed E-state index contributed by atoms with van der Waals surface area (Å²) in [5.41, 5.74) is 2.45. The second-order valence-electron chi connectivity index (χ2n) is 7.07. The second-order valence-corrected chi connectivity index (χ2v) is 7.07. The van der Waals surface area contributed by atoms with E-state index in [9.17, 15) is 14.7 Å². The van der Waals surface area contributed by atoms with E-state index in [1.807, 2.05) is 31.2 Å². The molecule has 32 heavy (non-hydrogen) atoms. The average Bonchev–Trinajstić information content (AvgIpc) is 2.80. The van der Waals surface area contributed by atoms with Crippen LogP contribution < -0.4 is 15.4 Å². The largest absolute Gasteiger partial charge is 0.506 e. The van der Waals surface area contributed by atoms with Crippen LogP contribution in [-0.4, -0.2) is 23.7 Å². The minimum atomic E-state index is -0.534. The lowest BCUT2D eigenvalue weighted by Gasteiger charge is -2.15. The molecule has 0 saturated heterocycles. The molecular weight excluding hydrogens is 408 g/mol. The Hall–Kier alpha value is -4.00. The maximum absolute atomic E-state index is 12.3. The number of anilines is 1. The van der Waals surface area contributed by atoms with Crippen LogP contribution in [0.2, 0.25) is 0 Å². The third-order valence-corrected chi connectivity index (χ3v) is 4.75. The Morgan fingerprint density at radius 1 is 0.969 bits per heavy atom. The van der Waals surface area contributed by atoms with Gasteiger partial charge >= 0.3 is 6.09 Å². The number of alkyl carbamates (subject to hydrolysis) is 1. The van der Waals surface area contributed by atoms with Gasteiger partial charge in [-0.1, -0.05) is 36.4 Å². The highest BCUT2D eigenvalue weighted by Crippen LogP contribution is 2.22. The van der Waals surface area contributed by atoms with Crippen molar-refractivity contribution < 1.29 is 24.2 Å². The molecule has 1 atom stereocenters. The minimum absolute atomic E-state index is 0.000327. The first-order valence-corrected chi connectivity index (χ1v) is 10.3. The van der Waals surface area contributed by atoms with Gasteiger partial charge in [0.2, 0.25) is 0 Å². The number of phenols is 1. The fraction of sp³-hybridized carbons (Fsp3) is 0.200. The van der Waals surface area contributed by atoms with Crippen molar-refractivity contribution in [3.63, 3.8) is 0 Å². The van der Waals surface area contributed by atoms with Crippen molar-refractivity contribution in [1.29, 1.82) is 0 Å². The van der Waals surface area contributed by atoms with Gasteiger partial charge in [0.15, 0.2) is 0 Å². The Bertz CT molecular complexity index is 1050. The maximum Gasteiger partial charge on any atom is 0.408 e. The normalized spacial score (nSPS) is 11.3. The molecule has 7 heteroatoms. The highest BCUT2D eigenvalue weighted by atomic mass is 16.6. The van der Waals surface area contributed by atoms with Gasteiger partial charge in [-0.15, -0.1) is 0 Å². The van der Waals surface area contributed by atoms with Gasteiger partial charge in [0.25, 0.3) is 5.91 Å². The van der Waals surface area contributed by atoms with Crippen LogP contribution >= 0.6 is 0 Å². The smallest absolute Gasteiger partial charge is 0.408 e. The van der Waals surface area contributed by atoms with E-state index in [0.29, 0.717) is 17.9 Å². The maximum atomic E-state index is 12.3. The molecule has 3 aromatic carbocycles. The fourth-order valence-electron chi connectivity index (χ4n) is 2.99. The quantitative estimate of drug-likeness (QED) is 0.432. The van der Waals surface area contributed by atoms with E-state index < -0.39 is 12.2 Å². The zero-order chi connectivity index (χ0) is 22.9. The lowest BCUT2D eigenvalue weighted by molar-refractivity contribution is 0.102. The van der Waals surface area contributed by atoms with Crippen molar-refractivity contribution in [3.8, 4) is 11.5 Å². The number of phenolic OH excluding ortho intramolecular Hbond substituents is 1. The molecule has 3 rings (SSSR count). The molecule has 7 nitrogen and oxygen atoms in total. The summed E-state index contributed by atoms with van der Waals surface area (Å²) in [5.74, 6) is 0.430. The van der Waals surface area contributed by atoms with Crippen molar-refractivity contribution in [1.82, 2.24) is 5.32 Å². The van der Waals surface area contributed by atoms with Gasteiger partial charge in [0.05, 0.1) is 12.3 Å². The minimum Gasteiger partial charge on any atom is -0.506 e. The summed E-state index contributed by atoms with van der Waals surface area (Å²) in [6, 6.07) is 20.7. The predicted octanol–water partition coefficient (Wildman–Crippen LogP) is 5.03. The molecule has 0 aliphatic carbocycles. The number of carbonyl (C=O) groups excluding carboxylic acids is 2. The molecule has 2 amide bonds. The van der Waals surface area contributed by atoms with Crippen LogP contribution in [-0.2, 0) is 11.3 Å². The fourth-order valence-corrected chi connectivity index (χ4v) is 2.99. The van der Waals surface area contributed by atoms with Crippen LogP contribution in [0.5, 0.6) is 11.5 Å². The van der Waals surface area contributed by atoms with Crippen molar-refractivity contribution in [2.24, 2.45) is 0 Å². The number of para-hydroxylation sites is 2. The molecule has 166 valence electrons. The topological polar surface area (TPSA) is 96.9 Å². The monoisotopic (exact) mass is 434 g/mol. The van der Waals surface area contributed by atoms with Crippen LogP contribution in [0.1, 0.15) is 41.4 Å². The number of carbonyl (C=O) groups is 2. The summed E-state index contributed by atoms with van der Waals surface area (Å²) in [4.78, 5) is 24.5. The van der Waals surface area contributed by atoms with E-state index in [4.69, 9.17) is 9.47 Å². The molecule has 0 aliphatic rings. The summed E-state index contributed by atoms with van der Waals surface area (Å²) in [5, 5.41) is 15.1. The molecule has 0 fully saturated rings. The molecule has 0 saturated carbocycles. The molecule has 0 radical (unpaired) electrons. The molecule has 0 spiro atoms. The SMILES string of the molecule is CCOc1ccc([C@H](C)OC(=O)NCc2ccc(C(=O)Nc3ccccc3O)cc2)cc1. The van der Waals surface area contributed by atoms with E-state index in [1.165, 1.54) is 6.07 Å². The lowest BCUT2D eigenvalue weighted by Crippen LogP contribution is -2.25. The van der Waals surface area contributed by atoms with Gasteiger partial charge in [0.1, 0.15) is 17.6 Å². The Balaban J connectivity index is 1.48. The molecule has 3 N–H and O–H groups in total. The van der Waals surface area contributed by atoms with Crippen LogP contribution in [0.4, 0.5) is 10.5 Å². The van der Waals surface area contributed by atoms with E-state index in [2.05, 4.69) is 10.6 Å². The Morgan fingerprint density at radius 3 is 2.31 bits per heavy atom. The molecule has 3 aromatic rings. The third-order valence-electron chi connectivity index (χ3n) is 4.75. The highest BCUT2D eigenvalue weighted by Gasteiger charge is 2.12. The number of ether oxygens (including phenoxy) is 2. The van der Waals surface area contributed by atoms with Gasteiger partial charge in [-0.05, 0) is 61.4 Å². The summed E-state index contributed by atoms with van der Waals surface area (Å²) in [7, 11) is 0. The van der Waals surface area contributed by atoms with E-state index in [-0.39, 0.29) is 18.2 Å². The van der Waals surface area contributed by atoms with Crippen molar-refractivity contribution in [2.75, 3.05) is 11.9 Å². The number of hydrogen-bond acceptors (Lipinski definition) is 5. The predicted molar refractivity (Wildman–Crippen MR) is 122 cm³/mol. The van der Waals surface area contributed by atoms with Crippen molar-refractivity contribution in [3.05, 3.63) is 89.5 Å². The van der Waals surface area contributed by atoms with E-state index in [0.717, 1.165) is 16.9 Å². The molecular formula is C25H26N2O5. The Labute approximate surface area is 187 Å². The molecule has 0 bridgehead atoms. The molecule has 0 aliphatic heterocycles. The summed E-state index contributed by atoms with van der Waals surface area (Å²) < 4.78 is 10.8. The van der Waals surface area contributed by atoms with Crippen molar-refractivity contribution in [2.45, 2.75) is 26.5 Å². The van der Waals surface area contributed by atoms with Gasteiger partial charge in [-0.2, -0.15) is 0 Å². The number of aromatic hydroxyl groups is 1. The second kappa shape index (κ2) is 10.9. The van der Waals surface area contributed by atoms with Crippen LogP contribution in [0.3, 0.4) is 0 Å². The number of benzene rings is 3. The molecule has 0 unspecified atom stereocenters. The van der Waals surface area contributed by atoms with Crippen LogP contribution in [0, 0.1) is 0 Å². The van der Waals surface area contributed by atoms with Gasteiger partial charge in [-0.3, -0.25) is 4.79 Å². The molecule has 0 heterocycles. The first-order chi connectivity index (χ1) is 15.5. The summed E-state index contributed by atoms with van der Waals surface area (Å²) >= 11 is 0. The number of hydrogen-bond donors (Lipinski definition) is 3. The average molecular weight is 434 g/mol. The number of rotatable bonds is 8. The molecule has 0 aromatic heterocycles. The zero-order valence-electron chi connectivity index (χ0n) is 18.0. The van der Waals surface area contributed by atoms with Crippen LogP contribution in [0.15, 0.2) is 72.8 Å². The van der Waals surface area contributed by atoms with Gasteiger partial charge in [-0.25, -0.2) is 4.79 Å².